The Labute approximate surface area is 119 Å². The zero-order chi connectivity index (χ0) is 14.0. The van der Waals surface area contributed by atoms with Crippen molar-refractivity contribution < 1.29 is 14.6 Å². The van der Waals surface area contributed by atoms with Gasteiger partial charge in [-0.1, -0.05) is 19.3 Å². The summed E-state index contributed by atoms with van der Waals surface area (Å²) in [4.78, 5) is 16.9. The Hall–Kier alpha value is -1.42. The molecule has 1 aromatic rings. The molecule has 4 nitrogen and oxygen atoms in total. The molecule has 3 rings (SSSR count). The largest absolute Gasteiger partial charge is 0.475 e. The second-order valence-electron chi connectivity index (χ2n) is 6.05. The normalized spacial score (nSPS) is 20.8. The second kappa shape index (κ2) is 5.52. The van der Waals surface area contributed by atoms with Crippen LogP contribution < -0.4 is 4.74 Å². The summed E-state index contributed by atoms with van der Waals surface area (Å²) < 4.78 is 5.36. The first-order valence-electron chi connectivity index (χ1n) is 7.49. The highest BCUT2D eigenvalue weighted by Gasteiger charge is 2.40. The van der Waals surface area contributed by atoms with E-state index in [4.69, 9.17) is 9.84 Å². The lowest BCUT2D eigenvalue weighted by molar-refractivity contribution is 0.0816. The quantitative estimate of drug-likeness (QED) is 0.921. The molecule has 0 unspecified atom stereocenters. The van der Waals surface area contributed by atoms with Gasteiger partial charge in [-0.05, 0) is 30.7 Å². The molecule has 0 saturated heterocycles. The fourth-order valence-corrected chi connectivity index (χ4v) is 3.61. The average molecular weight is 275 g/mol. The van der Waals surface area contributed by atoms with E-state index in [9.17, 15) is 4.79 Å². The molecule has 2 aliphatic carbocycles. The third-order valence-corrected chi connectivity index (χ3v) is 4.58. The minimum absolute atomic E-state index is 0.0262. The number of carbonyl (C=O) groups is 1. The molecule has 1 N–H and O–H groups in total. The Balaban J connectivity index is 1.86. The Morgan fingerprint density at radius 2 is 2.00 bits per heavy atom. The van der Waals surface area contributed by atoms with Crippen molar-refractivity contribution >= 4 is 5.78 Å². The molecule has 1 fully saturated rings. The second-order valence-corrected chi connectivity index (χ2v) is 6.05. The third-order valence-electron chi connectivity index (χ3n) is 4.58. The lowest BCUT2D eigenvalue weighted by Crippen LogP contribution is -2.35. The standard InChI is InChI=1S/C16H21NO3/c18-8-9-20-15-5-4-12-13(17-15)10-16(11-14(12)19)6-2-1-3-7-16/h4-5,18H,1-3,6-11H2. The summed E-state index contributed by atoms with van der Waals surface area (Å²) in [5.41, 5.74) is 1.79. The van der Waals surface area contributed by atoms with Gasteiger partial charge >= 0.3 is 0 Å². The van der Waals surface area contributed by atoms with Gasteiger partial charge in [-0.3, -0.25) is 4.79 Å². The first-order chi connectivity index (χ1) is 9.72. The molecule has 0 aromatic carbocycles. The van der Waals surface area contributed by atoms with Crippen LogP contribution in [0, 0.1) is 5.41 Å². The molecule has 1 spiro atoms. The predicted molar refractivity (Wildman–Crippen MR) is 75.0 cm³/mol. The summed E-state index contributed by atoms with van der Waals surface area (Å²) in [6, 6.07) is 3.55. The summed E-state index contributed by atoms with van der Waals surface area (Å²) in [6.45, 7) is 0.215. The first-order valence-corrected chi connectivity index (χ1v) is 7.49. The molecule has 0 amide bonds. The summed E-state index contributed by atoms with van der Waals surface area (Å²) in [5.74, 6) is 0.743. The van der Waals surface area contributed by atoms with Crippen LogP contribution >= 0.6 is 0 Å². The highest BCUT2D eigenvalue weighted by molar-refractivity contribution is 5.98. The van der Waals surface area contributed by atoms with E-state index in [1.807, 2.05) is 6.07 Å². The van der Waals surface area contributed by atoms with Crippen molar-refractivity contribution in [3.05, 3.63) is 23.4 Å². The number of pyridine rings is 1. The van der Waals surface area contributed by atoms with Crippen molar-refractivity contribution in [3.8, 4) is 5.88 Å². The number of rotatable bonds is 3. The number of aromatic nitrogens is 1. The van der Waals surface area contributed by atoms with Gasteiger partial charge in [-0.25, -0.2) is 4.98 Å². The number of hydrogen-bond acceptors (Lipinski definition) is 4. The van der Waals surface area contributed by atoms with Crippen LogP contribution in [0.4, 0.5) is 0 Å². The minimum Gasteiger partial charge on any atom is -0.475 e. The molecular formula is C16H21NO3. The van der Waals surface area contributed by atoms with Crippen LogP contribution in [-0.2, 0) is 6.42 Å². The fourth-order valence-electron chi connectivity index (χ4n) is 3.61. The van der Waals surface area contributed by atoms with Crippen molar-refractivity contribution in [2.45, 2.75) is 44.9 Å². The summed E-state index contributed by atoms with van der Waals surface area (Å²) >= 11 is 0. The molecule has 20 heavy (non-hydrogen) atoms. The molecule has 108 valence electrons. The van der Waals surface area contributed by atoms with Gasteiger partial charge in [0.1, 0.15) is 6.61 Å². The molecule has 4 heteroatoms. The smallest absolute Gasteiger partial charge is 0.213 e. The Bertz CT molecular complexity index is 506. The number of fused-ring (bicyclic) bond motifs is 1. The van der Waals surface area contributed by atoms with E-state index in [0.29, 0.717) is 12.3 Å². The van der Waals surface area contributed by atoms with Gasteiger partial charge in [0.15, 0.2) is 5.78 Å². The minimum atomic E-state index is -0.0262. The molecule has 0 bridgehead atoms. The van der Waals surface area contributed by atoms with Crippen molar-refractivity contribution in [1.29, 1.82) is 0 Å². The zero-order valence-electron chi connectivity index (χ0n) is 11.7. The van der Waals surface area contributed by atoms with Crippen molar-refractivity contribution in [3.63, 3.8) is 0 Å². The van der Waals surface area contributed by atoms with Crippen LogP contribution in [-0.4, -0.2) is 29.1 Å². The molecule has 1 heterocycles. The van der Waals surface area contributed by atoms with Gasteiger partial charge in [0.05, 0.1) is 12.3 Å². The Morgan fingerprint density at radius 1 is 1.20 bits per heavy atom. The van der Waals surface area contributed by atoms with Crippen molar-refractivity contribution in [1.82, 2.24) is 4.98 Å². The topological polar surface area (TPSA) is 59.4 Å². The highest BCUT2D eigenvalue weighted by atomic mass is 16.5. The van der Waals surface area contributed by atoms with Gasteiger partial charge in [-0.15, -0.1) is 0 Å². The number of Topliss-reactive ketones (excluding diaryl/α,β-unsaturated/α-hetero) is 1. The van der Waals surface area contributed by atoms with Gasteiger partial charge in [0, 0.05) is 18.1 Å². The maximum atomic E-state index is 12.4. The zero-order valence-corrected chi connectivity index (χ0v) is 11.7. The number of carbonyl (C=O) groups excluding carboxylic acids is 1. The van der Waals surface area contributed by atoms with Gasteiger partial charge in [0.2, 0.25) is 5.88 Å². The molecule has 1 aromatic heterocycles. The SMILES string of the molecule is O=C1CC2(CCCCC2)Cc2nc(OCCO)ccc21. The lowest BCUT2D eigenvalue weighted by atomic mass is 9.64. The lowest BCUT2D eigenvalue weighted by Gasteiger charge is -2.39. The van der Waals surface area contributed by atoms with Crippen LogP contribution in [0.5, 0.6) is 5.88 Å². The number of ether oxygens (including phenoxy) is 1. The maximum Gasteiger partial charge on any atom is 0.213 e. The van der Waals surface area contributed by atoms with Crippen molar-refractivity contribution in [2.24, 2.45) is 5.41 Å². The molecule has 1 saturated carbocycles. The maximum absolute atomic E-state index is 12.4. The third kappa shape index (κ3) is 2.57. The van der Waals surface area contributed by atoms with Crippen LogP contribution in [0.15, 0.2) is 12.1 Å². The number of hydrogen-bond donors (Lipinski definition) is 1. The van der Waals surface area contributed by atoms with Gasteiger partial charge in [0.25, 0.3) is 0 Å². The van der Waals surface area contributed by atoms with Gasteiger partial charge < -0.3 is 9.84 Å². The van der Waals surface area contributed by atoms with Crippen LogP contribution in [0.3, 0.4) is 0 Å². The number of aliphatic hydroxyl groups excluding tert-OH is 1. The first kappa shape index (κ1) is 13.6. The molecular weight excluding hydrogens is 254 g/mol. The van der Waals surface area contributed by atoms with Crippen LogP contribution in [0.25, 0.3) is 0 Å². The summed E-state index contributed by atoms with van der Waals surface area (Å²) in [6.07, 6.45) is 7.59. The molecule has 0 atom stereocenters. The average Bonchev–Trinajstić information content (AvgIpc) is 2.45. The molecule has 0 aliphatic heterocycles. The van der Waals surface area contributed by atoms with E-state index in [1.54, 1.807) is 6.07 Å². The Morgan fingerprint density at radius 3 is 2.75 bits per heavy atom. The van der Waals surface area contributed by atoms with E-state index in [-0.39, 0.29) is 24.4 Å². The van der Waals surface area contributed by atoms with Crippen LogP contribution in [0.1, 0.15) is 54.6 Å². The fraction of sp³-hybridized carbons (Fsp3) is 0.625. The molecule has 2 aliphatic rings. The van der Waals surface area contributed by atoms with Crippen LogP contribution in [0.2, 0.25) is 0 Å². The van der Waals surface area contributed by atoms with Gasteiger partial charge in [-0.2, -0.15) is 0 Å². The monoisotopic (exact) mass is 275 g/mol. The number of aliphatic hydroxyl groups is 1. The number of ketones is 1. The van der Waals surface area contributed by atoms with E-state index < -0.39 is 0 Å². The van der Waals surface area contributed by atoms with E-state index in [2.05, 4.69) is 4.98 Å². The molecule has 0 radical (unpaired) electrons. The Kier molecular flexibility index (Phi) is 3.74. The number of nitrogens with zero attached hydrogens (tertiary/aromatic N) is 1. The predicted octanol–water partition coefficient (Wildman–Crippen LogP) is 2.53. The van der Waals surface area contributed by atoms with E-state index in [0.717, 1.165) is 30.5 Å². The van der Waals surface area contributed by atoms with E-state index >= 15 is 0 Å². The van der Waals surface area contributed by atoms with Crippen molar-refractivity contribution in [2.75, 3.05) is 13.2 Å². The summed E-state index contributed by atoms with van der Waals surface area (Å²) in [7, 11) is 0. The highest BCUT2D eigenvalue weighted by Crippen LogP contribution is 2.46. The van der Waals surface area contributed by atoms with E-state index in [1.165, 1.54) is 19.3 Å². The summed E-state index contributed by atoms with van der Waals surface area (Å²) in [5, 5.41) is 8.80.